The lowest BCUT2D eigenvalue weighted by atomic mass is 9.98. The van der Waals surface area contributed by atoms with Crippen LogP contribution in [0.5, 0.6) is 0 Å². The maximum Gasteiger partial charge on any atom is 0.240 e. The minimum Gasteiger partial charge on any atom is -0.329 e. The topological polar surface area (TPSA) is 72.3 Å². The summed E-state index contributed by atoms with van der Waals surface area (Å²) < 4.78 is 0. The lowest BCUT2D eigenvalue weighted by molar-refractivity contribution is -0.134. The van der Waals surface area contributed by atoms with Crippen molar-refractivity contribution in [2.24, 2.45) is 23.3 Å². The van der Waals surface area contributed by atoms with Crippen LogP contribution < -0.4 is 11.5 Å². The van der Waals surface area contributed by atoms with Crippen molar-refractivity contribution in [2.75, 3.05) is 13.2 Å². The number of amides is 1. The molecular weight excluding hydrogens is 202 g/mol. The number of hydrogen-bond donors (Lipinski definition) is 2. The SMILES string of the molecule is CCC(C)CN(CN)C(=O)C(N)C(C)CC. The van der Waals surface area contributed by atoms with Crippen molar-refractivity contribution < 1.29 is 4.79 Å². The summed E-state index contributed by atoms with van der Waals surface area (Å²) in [6.45, 7) is 9.23. The Kier molecular flexibility index (Phi) is 7.34. The normalized spacial score (nSPS) is 16.6. The molecule has 0 bridgehead atoms. The summed E-state index contributed by atoms with van der Waals surface area (Å²) in [5.74, 6) is 0.660. The maximum atomic E-state index is 12.0. The van der Waals surface area contributed by atoms with Crippen LogP contribution in [0.1, 0.15) is 40.5 Å². The second-order valence-corrected chi connectivity index (χ2v) is 4.67. The molecule has 0 heterocycles. The average molecular weight is 229 g/mol. The molecule has 4 nitrogen and oxygen atoms in total. The predicted molar refractivity (Wildman–Crippen MR) is 67.7 cm³/mol. The molecule has 0 radical (unpaired) electrons. The molecule has 4 heteroatoms. The fourth-order valence-corrected chi connectivity index (χ4v) is 1.47. The number of rotatable bonds is 7. The highest BCUT2D eigenvalue weighted by Gasteiger charge is 2.24. The third-order valence-corrected chi connectivity index (χ3v) is 3.30. The molecule has 16 heavy (non-hydrogen) atoms. The van der Waals surface area contributed by atoms with Gasteiger partial charge in [-0.05, 0) is 11.8 Å². The van der Waals surface area contributed by atoms with Gasteiger partial charge >= 0.3 is 0 Å². The number of hydrogen-bond acceptors (Lipinski definition) is 3. The van der Waals surface area contributed by atoms with Crippen molar-refractivity contribution in [3.63, 3.8) is 0 Å². The fraction of sp³-hybridized carbons (Fsp3) is 0.917. The Bertz CT molecular complexity index is 208. The van der Waals surface area contributed by atoms with E-state index in [4.69, 9.17) is 11.5 Å². The van der Waals surface area contributed by atoms with Gasteiger partial charge in [-0.15, -0.1) is 0 Å². The summed E-state index contributed by atoms with van der Waals surface area (Å²) in [6, 6.07) is -0.419. The molecule has 0 saturated carbocycles. The summed E-state index contributed by atoms with van der Waals surface area (Å²) in [6.07, 6.45) is 1.96. The zero-order valence-electron chi connectivity index (χ0n) is 11.1. The highest BCUT2D eigenvalue weighted by molar-refractivity contribution is 5.81. The van der Waals surface area contributed by atoms with Crippen molar-refractivity contribution in [1.29, 1.82) is 0 Å². The molecule has 0 aliphatic carbocycles. The Morgan fingerprint density at radius 1 is 1.25 bits per heavy atom. The van der Waals surface area contributed by atoms with E-state index in [2.05, 4.69) is 13.8 Å². The molecule has 0 aromatic heterocycles. The van der Waals surface area contributed by atoms with E-state index < -0.39 is 6.04 Å². The van der Waals surface area contributed by atoms with Gasteiger partial charge in [-0.1, -0.05) is 40.5 Å². The van der Waals surface area contributed by atoms with Crippen LogP contribution in [0, 0.1) is 11.8 Å². The van der Waals surface area contributed by atoms with Crippen LogP contribution in [0.4, 0.5) is 0 Å². The van der Waals surface area contributed by atoms with Crippen LogP contribution in [-0.2, 0) is 4.79 Å². The Labute approximate surface area is 99.4 Å². The van der Waals surface area contributed by atoms with Gasteiger partial charge in [0, 0.05) is 6.54 Å². The zero-order valence-corrected chi connectivity index (χ0v) is 11.1. The first-order chi connectivity index (χ1) is 7.47. The van der Waals surface area contributed by atoms with Crippen molar-refractivity contribution >= 4 is 5.91 Å². The second kappa shape index (κ2) is 7.63. The van der Waals surface area contributed by atoms with E-state index >= 15 is 0 Å². The minimum atomic E-state index is -0.419. The van der Waals surface area contributed by atoms with Crippen molar-refractivity contribution in [1.82, 2.24) is 4.90 Å². The molecule has 0 fully saturated rings. The molecule has 0 aromatic rings. The first-order valence-corrected chi connectivity index (χ1v) is 6.22. The molecule has 0 spiro atoms. The van der Waals surface area contributed by atoms with Crippen LogP contribution in [0.15, 0.2) is 0 Å². The van der Waals surface area contributed by atoms with Gasteiger partial charge in [0.15, 0.2) is 0 Å². The van der Waals surface area contributed by atoms with Gasteiger partial charge in [0.1, 0.15) is 0 Å². The van der Waals surface area contributed by atoms with E-state index in [1.54, 1.807) is 4.90 Å². The van der Waals surface area contributed by atoms with Gasteiger partial charge in [0.25, 0.3) is 0 Å². The van der Waals surface area contributed by atoms with E-state index in [0.29, 0.717) is 12.5 Å². The van der Waals surface area contributed by atoms with Gasteiger partial charge in [0.05, 0.1) is 12.7 Å². The highest BCUT2D eigenvalue weighted by atomic mass is 16.2. The first kappa shape index (κ1) is 15.4. The Hall–Kier alpha value is -0.610. The smallest absolute Gasteiger partial charge is 0.240 e. The number of carbonyl (C=O) groups is 1. The van der Waals surface area contributed by atoms with E-state index in [0.717, 1.165) is 12.8 Å². The van der Waals surface area contributed by atoms with Crippen LogP contribution in [0.2, 0.25) is 0 Å². The number of nitrogens with zero attached hydrogens (tertiary/aromatic N) is 1. The zero-order chi connectivity index (χ0) is 12.7. The third kappa shape index (κ3) is 4.49. The van der Waals surface area contributed by atoms with Crippen LogP contribution in [0.3, 0.4) is 0 Å². The Morgan fingerprint density at radius 2 is 1.81 bits per heavy atom. The molecule has 0 rings (SSSR count). The Balaban J connectivity index is 4.40. The van der Waals surface area contributed by atoms with Crippen molar-refractivity contribution in [3.05, 3.63) is 0 Å². The average Bonchev–Trinajstić information content (AvgIpc) is 2.32. The second-order valence-electron chi connectivity index (χ2n) is 4.67. The van der Waals surface area contributed by atoms with Crippen molar-refractivity contribution in [3.8, 4) is 0 Å². The molecule has 3 atom stereocenters. The quantitative estimate of drug-likeness (QED) is 0.643. The van der Waals surface area contributed by atoms with E-state index in [9.17, 15) is 4.79 Å². The molecule has 3 unspecified atom stereocenters. The summed E-state index contributed by atoms with van der Waals surface area (Å²) in [5.41, 5.74) is 11.5. The maximum absolute atomic E-state index is 12.0. The van der Waals surface area contributed by atoms with Crippen LogP contribution in [0.25, 0.3) is 0 Å². The van der Waals surface area contributed by atoms with Gasteiger partial charge < -0.3 is 16.4 Å². The standard InChI is InChI=1S/C12H27N3O/c1-5-9(3)7-15(8-13)12(16)11(14)10(4)6-2/h9-11H,5-8,13-14H2,1-4H3. The van der Waals surface area contributed by atoms with Crippen LogP contribution in [-0.4, -0.2) is 30.1 Å². The summed E-state index contributed by atoms with van der Waals surface area (Å²) in [5, 5.41) is 0. The molecular formula is C12H27N3O. The predicted octanol–water partition coefficient (Wildman–Crippen LogP) is 1.15. The third-order valence-electron chi connectivity index (χ3n) is 3.30. The lowest BCUT2D eigenvalue weighted by Crippen LogP contribution is -2.50. The molecule has 4 N–H and O–H groups in total. The molecule has 1 amide bonds. The number of nitrogens with two attached hydrogens (primary N) is 2. The molecule has 0 saturated heterocycles. The van der Waals surface area contributed by atoms with E-state index in [-0.39, 0.29) is 18.5 Å². The fourth-order valence-electron chi connectivity index (χ4n) is 1.47. The highest BCUT2D eigenvalue weighted by Crippen LogP contribution is 2.10. The first-order valence-electron chi connectivity index (χ1n) is 6.22. The molecule has 0 aliphatic heterocycles. The number of carbonyl (C=O) groups excluding carboxylic acids is 1. The summed E-state index contributed by atoms with van der Waals surface area (Å²) >= 11 is 0. The monoisotopic (exact) mass is 229 g/mol. The summed E-state index contributed by atoms with van der Waals surface area (Å²) in [7, 11) is 0. The summed E-state index contributed by atoms with van der Waals surface area (Å²) in [4.78, 5) is 13.7. The minimum absolute atomic E-state index is 0.0165. The van der Waals surface area contributed by atoms with Crippen LogP contribution >= 0.6 is 0 Å². The van der Waals surface area contributed by atoms with Crippen molar-refractivity contribution in [2.45, 2.75) is 46.6 Å². The largest absolute Gasteiger partial charge is 0.329 e. The van der Waals surface area contributed by atoms with Gasteiger partial charge in [-0.3, -0.25) is 4.79 Å². The lowest BCUT2D eigenvalue weighted by Gasteiger charge is -2.28. The molecule has 96 valence electrons. The van der Waals surface area contributed by atoms with E-state index in [1.165, 1.54) is 0 Å². The van der Waals surface area contributed by atoms with Gasteiger partial charge in [0.2, 0.25) is 5.91 Å². The van der Waals surface area contributed by atoms with Gasteiger partial charge in [-0.2, -0.15) is 0 Å². The van der Waals surface area contributed by atoms with E-state index in [1.807, 2.05) is 13.8 Å². The molecule has 0 aliphatic rings. The Morgan fingerprint density at radius 3 is 2.19 bits per heavy atom. The van der Waals surface area contributed by atoms with Gasteiger partial charge in [-0.25, -0.2) is 0 Å². The molecule has 0 aromatic carbocycles.